The number of para-hydroxylation sites is 2. The third-order valence-corrected chi connectivity index (χ3v) is 4.55. The molecule has 10 nitrogen and oxygen atoms in total. The first kappa shape index (κ1) is 20.6. The van der Waals surface area contributed by atoms with E-state index in [0.717, 1.165) is 16.3 Å². The summed E-state index contributed by atoms with van der Waals surface area (Å²) in [5, 5.41) is 24.6. The third kappa shape index (κ3) is 4.00. The summed E-state index contributed by atoms with van der Waals surface area (Å²) in [6.45, 7) is 4.03. The molecule has 1 aromatic heterocycles. The molecule has 1 aliphatic rings. The molecule has 1 aromatic carbocycles. The topological polar surface area (TPSA) is 134 Å². The summed E-state index contributed by atoms with van der Waals surface area (Å²) in [6.07, 6.45) is 0.286. The highest BCUT2D eigenvalue weighted by Gasteiger charge is 2.27. The van der Waals surface area contributed by atoms with Gasteiger partial charge in [-0.2, -0.15) is 5.26 Å². The van der Waals surface area contributed by atoms with E-state index in [4.69, 9.17) is 5.11 Å². The maximum absolute atomic E-state index is 12.1. The summed E-state index contributed by atoms with van der Waals surface area (Å²) < 4.78 is 0. The second-order valence-corrected chi connectivity index (χ2v) is 6.63. The Kier molecular flexibility index (Phi) is 5.83. The lowest BCUT2D eigenvalue weighted by atomic mass is 10.1. The Labute approximate surface area is 173 Å². The first-order valence-corrected chi connectivity index (χ1v) is 9.21. The number of benzene rings is 1. The van der Waals surface area contributed by atoms with Crippen molar-refractivity contribution in [3.8, 4) is 6.07 Å². The van der Waals surface area contributed by atoms with E-state index in [9.17, 15) is 14.9 Å². The van der Waals surface area contributed by atoms with Gasteiger partial charge in [-0.3, -0.25) is 10.1 Å². The highest BCUT2D eigenvalue weighted by molar-refractivity contribution is 5.93. The number of nitrogens with one attached hydrogen (secondary N) is 2. The van der Waals surface area contributed by atoms with Crippen molar-refractivity contribution in [1.82, 2.24) is 14.9 Å². The zero-order chi connectivity index (χ0) is 21.8. The molecular formula is C20H21N7O3. The van der Waals surface area contributed by atoms with Gasteiger partial charge >= 0.3 is 6.09 Å². The molecule has 0 unspecified atom stereocenters. The van der Waals surface area contributed by atoms with Crippen LogP contribution in [0.25, 0.3) is 5.57 Å². The van der Waals surface area contributed by atoms with Crippen LogP contribution in [0, 0.1) is 18.3 Å². The number of nitriles is 1. The smallest absolute Gasteiger partial charge is 0.407 e. The molecule has 0 saturated heterocycles. The summed E-state index contributed by atoms with van der Waals surface area (Å²) in [7, 11) is 1.28. The van der Waals surface area contributed by atoms with Gasteiger partial charge in [-0.05, 0) is 31.5 Å². The Morgan fingerprint density at radius 2 is 2.10 bits per heavy atom. The average molecular weight is 407 g/mol. The number of carbonyl (C=O) groups excluding carboxylic acids is 1. The Hall–Kier alpha value is -4.13. The van der Waals surface area contributed by atoms with Gasteiger partial charge in [0.05, 0.1) is 17.1 Å². The van der Waals surface area contributed by atoms with E-state index in [0.29, 0.717) is 29.2 Å². The minimum Gasteiger partial charge on any atom is -0.465 e. The first-order chi connectivity index (χ1) is 14.3. The van der Waals surface area contributed by atoms with Crippen molar-refractivity contribution >= 4 is 34.9 Å². The molecule has 2 amide bonds. The second kappa shape index (κ2) is 8.48. The Morgan fingerprint density at radius 1 is 1.37 bits per heavy atom. The van der Waals surface area contributed by atoms with E-state index in [2.05, 4.69) is 26.7 Å². The molecular weight excluding hydrogens is 386 g/mol. The minimum absolute atomic E-state index is 0.00806. The number of carboxylic acid groups (broad SMARTS) is 1. The van der Waals surface area contributed by atoms with Crippen LogP contribution < -0.4 is 15.5 Å². The van der Waals surface area contributed by atoms with Gasteiger partial charge in [-0.25, -0.2) is 14.8 Å². The number of carbonyl (C=O) groups is 2. The van der Waals surface area contributed by atoms with E-state index in [-0.39, 0.29) is 12.5 Å². The fraction of sp³-hybridized carbons (Fsp3) is 0.250. The van der Waals surface area contributed by atoms with Gasteiger partial charge in [0.1, 0.15) is 24.0 Å². The van der Waals surface area contributed by atoms with Gasteiger partial charge in [0.2, 0.25) is 11.9 Å². The molecule has 154 valence electrons. The fourth-order valence-electron chi connectivity index (χ4n) is 3.08. The van der Waals surface area contributed by atoms with E-state index in [1.807, 2.05) is 36.1 Å². The van der Waals surface area contributed by atoms with Crippen molar-refractivity contribution < 1.29 is 14.7 Å². The molecule has 2 heterocycles. The number of allylic oxidation sites excluding steroid dienone is 1. The van der Waals surface area contributed by atoms with Crippen molar-refractivity contribution in [2.75, 3.05) is 35.7 Å². The Balaban J connectivity index is 1.96. The number of rotatable bonds is 5. The van der Waals surface area contributed by atoms with Gasteiger partial charge in [-0.15, -0.1) is 0 Å². The summed E-state index contributed by atoms with van der Waals surface area (Å²) in [5.74, 6) is 0.0135. The molecule has 0 atom stereocenters. The quantitative estimate of drug-likeness (QED) is 0.644. The number of hydrogen-bond donors (Lipinski definition) is 3. The maximum atomic E-state index is 12.1. The Bertz CT molecular complexity index is 1070. The molecule has 0 fully saturated rings. The van der Waals surface area contributed by atoms with Crippen molar-refractivity contribution in [1.29, 1.82) is 5.26 Å². The zero-order valence-corrected chi connectivity index (χ0v) is 16.8. The first-order valence-electron chi connectivity index (χ1n) is 9.21. The van der Waals surface area contributed by atoms with Crippen molar-refractivity contribution in [3.05, 3.63) is 47.5 Å². The summed E-state index contributed by atoms with van der Waals surface area (Å²) >= 11 is 0. The van der Waals surface area contributed by atoms with Crippen molar-refractivity contribution in [2.24, 2.45) is 0 Å². The Morgan fingerprint density at radius 3 is 2.77 bits per heavy atom. The highest BCUT2D eigenvalue weighted by Crippen LogP contribution is 2.38. The van der Waals surface area contributed by atoms with Gasteiger partial charge in [0.25, 0.3) is 0 Å². The molecule has 3 rings (SSSR count). The van der Waals surface area contributed by atoms with E-state index >= 15 is 0 Å². The molecule has 1 aliphatic heterocycles. The average Bonchev–Trinajstić information content (AvgIpc) is 3.08. The number of aromatic nitrogens is 2. The third-order valence-electron chi connectivity index (χ3n) is 4.55. The van der Waals surface area contributed by atoms with Crippen molar-refractivity contribution in [3.63, 3.8) is 0 Å². The molecule has 0 spiro atoms. The lowest BCUT2D eigenvalue weighted by molar-refractivity contribution is -0.116. The predicted molar refractivity (Wildman–Crippen MR) is 112 cm³/mol. The molecule has 0 aliphatic carbocycles. The van der Waals surface area contributed by atoms with Crippen LogP contribution in [-0.2, 0) is 4.79 Å². The molecule has 3 N–H and O–H groups in total. The minimum atomic E-state index is -1.22. The van der Waals surface area contributed by atoms with Crippen LogP contribution in [-0.4, -0.2) is 52.1 Å². The SMILES string of the molecule is CCN1/C(=C(\C#N)c2nc(NC(=O)CN(C)C(=O)O)ncc2C)Nc2ccccc21. The number of nitrogens with zero attached hydrogens (tertiary/aromatic N) is 5. The number of amides is 2. The number of fused-ring (bicyclic) bond motifs is 1. The normalized spacial score (nSPS) is 13.7. The number of anilines is 3. The molecule has 0 saturated carbocycles. The lowest BCUT2D eigenvalue weighted by Gasteiger charge is -2.19. The van der Waals surface area contributed by atoms with Crippen LogP contribution >= 0.6 is 0 Å². The predicted octanol–water partition coefficient (Wildman–Crippen LogP) is 2.48. The lowest BCUT2D eigenvalue weighted by Crippen LogP contribution is -2.34. The van der Waals surface area contributed by atoms with Crippen LogP contribution in [0.2, 0.25) is 0 Å². The highest BCUT2D eigenvalue weighted by atomic mass is 16.4. The largest absolute Gasteiger partial charge is 0.465 e. The van der Waals surface area contributed by atoms with Gasteiger partial charge < -0.3 is 20.2 Å². The number of aryl methyl sites for hydroxylation is 1. The van der Waals surface area contributed by atoms with Crippen LogP contribution in [0.1, 0.15) is 18.2 Å². The molecule has 2 aromatic rings. The zero-order valence-electron chi connectivity index (χ0n) is 16.8. The van der Waals surface area contributed by atoms with Crippen LogP contribution in [0.15, 0.2) is 36.3 Å². The summed E-state index contributed by atoms with van der Waals surface area (Å²) in [4.78, 5) is 34.2. The van der Waals surface area contributed by atoms with Gasteiger partial charge in [0.15, 0.2) is 0 Å². The second-order valence-electron chi connectivity index (χ2n) is 6.63. The standard InChI is InChI=1S/C20H21N7O3/c1-4-27-15-8-6-5-7-14(15)23-18(27)13(9-21)17-12(2)10-22-19(25-17)24-16(28)11-26(3)20(29)30/h5-8,10,23H,4,11H2,1-3H3,(H,29,30)(H,22,24,25,28)/b18-13+. The molecule has 10 heteroatoms. The van der Waals surface area contributed by atoms with Crippen molar-refractivity contribution in [2.45, 2.75) is 13.8 Å². The van der Waals surface area contributed by atoms with Gasteiger partial charge in [0, 0.05) is 19.8 Å². The van der Waals surface area contributed by atoms with E-state index < -0.39 is 12.0 Å². The van der Waals surface area contributed by atoms with E-state index in [1.165, 1.54) is 13.2 Å². The summed E-state index contributed by atoms with van der Waals surface area (Å²) in [5.41, 5.74) is 3.20. The number of likely N-dealkylation sites (N-methyl/N-ethyl adjacent to an activating group) is 1. The molecule has 30 heavy (non-hydrogen) atoms. The van der Waals surface area contributed by atoms with E-state index in [1.54, 1.807) is 6.92 Å². The molecule has 0 bridgehead atoms. The van der Waals surface area contributed by atoms with Crippen LogP contribution in [0.3, 0.4) is 0 Å². The monoisotopic (exact) mass is 407 g/mol. The van der Waals surface area contributed by atoms with Crippen LogP contribution in [0.4, 0.5) is 22.1 Å². The summed E-state index contributed by atoms with van der Waals surface area (Å²) in [6, 6.07) is 9.94. The van der Waals surface area contributed by atoms with Crippen LogP contribution in [0.5, 0.6) is 0 Å². The fourth-order valence-corrected chi connectivity index (χ4v) is 3.08. The van der Waals surface area contributed by atoms with Gasteiger partial charge in [-0.1, -0.05) is 12.1 Å². The maximum Gasteiger partial charge on any atom is 0.407 e. The molecule has 0 radical (unpaired) electrons. The number of hydrogen-bond acceptors (Lipinski definition) is 7.